The number of amides is 2. The Morgan fingerprint density at radius 2 is 1.40 bits per heavy atom. The molecule has 0 aliphatic carbocycles. The zero-order valence-electron chi connectivity index (χ0n) is 11.0. The fraction of sp³-hybridized carbons (Fsp3) is 0.0667. The predicted octanol–water partition coefficient (Wildman–Crippen LogP) is 3.37. The first-order valence-corrected chi connectivity index (χ1v) is 7.00. The van der Waals surface area contributed by atoms with Crippen LogP contribution < -0.4 is 0 Å². The normalized spacial score (nSPS) is 12.7. The van der Waals surface area contributed by atoms with E-state index < -0.39 is 0 Å². The van der Waals surface area contributed by atoms with Crippen LogP contribution in [0.1, 0.15) is 20.7 Å². The van der Waals surface area contributed by atoms with Gasteiger partial charge in [-0.3, -0.25) is 15.8 Å². The largest absolute Gasteiger partial charge is 2.00 e. The Labute approximate surface area is 138 Å². The average Bonchev–Trinajstić information content (AvgIpc) is 2.43. The van der Waals surface area contributed by atoms with Crippen LogP contribution in [0.25, 0.3) is 10.8 Å². The van der Waals surface area contributed by atoms with Crippen molar-refractivity contribution in [3.05, 3.63) is 60.8 Å². The van der Waals surface area contributed by atoms with E-state index in [1.165, 1.54) is 11.8 Å². The number of carbonyl (C=O) groups is 2. The van der Waals surface area contributed by atoms with E-state index in [1.807, 2.05) is 30.5 Å². The smallest absolute Gasteiger partial charge is 0.430 e. The maximum absolute atomic E-state index is 11.9. The van der Waals surface area contributed by atoms with Crippen LogP contribution in [0.2, 0.25) is 0 Å². The molecule has 20 heavy (non-hydrogen) atoms. The molecule has 0 saturated heterocycles. The molecule has 0 spiro atoms. The molecule has 1 aliphatic rings. The van der Waals surface area contributed by atoms with Gasteiger partial charge in [-0.1, -0.05) is 24.3 Å². The van der Waals surface area contributed by atoms with Gasteiger partial charge in [0, 0.05) is 16.5 Å². The molecule has 0 N–H and O–H groups in total. The van der Waals surface area contributed by atoms with Crippen LogP contribution in [0.5, 0.6) is 0 Å². The molecule has 101 valence electrons. The molecule has 3 nitrogen and oxygen atoms in total. The van der Waals surface area contributed by atoms with Crippen LogP contribution in [-0.4, -0.2) is 23.0 Å². The van der Waals surface area contributed by atoms with Crippen molar-refractivity contribution in [3.8, 4) is 0 Å². The Balaban J connectivity index is 0.000000462. The van der Waals surface area contributed by atoms with Gasteiger partial charge in [0.15, 0.2) is 0 Å². The van der Waals surface area contributed by atoms with Crippen molar-refractivity contribution >= 4 is 34.3 Å². The van der Waals surface area contributed by atoms with E-state index in [4.69, 9.17) is 0 Å². The van der Waals surface area contributed by atoms with E-state index in [0.29, 0.717) is 11.1 Å². The minimum atomic E-state index is -0.339. The van der Waals surface area contributed by atoms with E-state index >= 15 is 0 Å². The molecule has 2 amide bonds. The van der Waals surface area contributed by atoms with Gasteiger partial charge in [0.25, 0.3) is 0 Å². The summed E-state index contributed by atoms with van der Waals surface area (Å²) in [5, 5.41) is 1.64. The molecule has 2 aromatic carbocycles. The Hall–Kier alpha value is -1.07. The first-order chi connectivity index (χ1) is 9.11. The fourth-order valence-corrected chi connectivity index (χ4v) is 2.08. The Bertz CT molecular complexity index is 607. The zero-order valence-corrected chi connectivity index (χ0v) is 15.0. The molecule has 1 heterocycles. The molecule has 0 aromatic heterocycles. The summed E-state index contributed by atoms with van der Waals surface area (Å²) in [6.45, 7) is 0. The molecule has 5 heteroatoms. The third-order valence-corrected chi connectivity index (χ3v) is 2.86. The first-order valence-electron chi connectivity index (χ1n) is 5.61. The van der Waals surface area contributed by atoms with E-state index in [1.54, 1.807) is 12.1 Å². The number of hydrogen-bond donors (Lipinski definition) is 0. The minimum absolute atomic E-state index is 0. The van der Waals surface area contributed by atoms with Crippen molar-refractivity contribution in [3.63, 3.8) is 0 Å². The van der Waals surface area contributed by atoms with E-state index in [-0.39, 0.29) is 34.2 Å². The maximum atomic E-state index is 11.9. The molecular formula is C15H13NO2STa. The minimum Gasteiger partial charge on any atom is -0.430 e. The second-order valence-corrected chi connectivity index (χ2v) is 4.61. The van der Waals surface area contributed by atoms with Gasteiger partial charge in [-0.25, -0.2) is 7.05 Å². The van der Waals surface area contributed by atoms with E-state index in [0.717, 1.165) is 15.7 Å². The van der Waals surface area contributed by atoms with Crippen LogP contribution in [-0.2, 0) is 22.4 Å². The van der Waals surface area contributed by atoms with Crippen molar-refractivity contribution in [2.24, 2.45) is 0 Å². The SMILES string of the molecule is [CH2-]N1C(=O)c2cccc3cccc(c23)C1=O.[CH2-]SC.[Ta+2]. The van der Waals surface area contributed by atoms with Gasteiger partial charge < -0.3 is 16.7 Å². The summed E-state index contributed by atoms with van der Waals surface area (Å²) in [5.74, 6) is -0.677. The Kier molecular flexibility index (Phi) is 6.02. The molecular weight excluding hydrogens is 439 g/mol. The molecule has 0 fully saturated rings. The summed E-state index contributed by atoms with van der Waals surface area (Å²) >= 11 is 1.50. The molecule has 0 saturated carbocycles. The van der Waals surface area contributed by atoms with E-state index in [2.05, 4.69) is 13.3 Å². The number of imide groups is 1. The van der Waals surface area contributed by atoms with Gasteiger partial charge in [0.05, 0.1) is 0 Å². The number of hydrogen-bond acceptors (Lipinski definition) is 3. The van der Waals surface area contributed by atoms with Gasteiger partial charge in [-0.15, -0.1) is 0 Å². The maximum Gasteiger partial charge on any atom is 2.00 e. The second-order valence-electron chi connectivity index (χ2n) is 4.04. The molecule has 1 radical (unpaired) electrons. The number of thioether (sulfide) groups is 1. The van der Waals surface area contributed by atoms with Gasteiger partial charge in [-0.05, 0) is 23.8 Å². The Morgan fingerprint density at radius 1 is 1.00 bits per heavy atom. The average molecular weight is 452 g/mol. The number of rotatable bonds is 0. The van der Waals surface area contributed by atoms with Crippen LogP contribution in [0.4, 0.5) is 0 Å². The van der Waals surface area contributed by atoms with Crippen LogP contribution in [0.15, 0.2) is 36.4 Å². The third-order valence-electron chi connectivity index (χ3n) is 2.86. The first kappa shape index (κ1) is 17.0. The Morgan fingerprint density at radius 3 is 1.80 bits per heavy atom. The zero-order chi connectivity index (χ0) is 14.0. The summed E-state index contributed by atoms with van der Waals surface area (Å²) in [6.07, 6.45) is 5.33. The molecule has 1 aliphatic heterocycles. The summed E-state index contributed by atoms with van der Waals surface area (Å²) in [5.41, 5.74) is 1.09. The molecule has 0 atom stereocenters. The standard InChI is InChI=1S/C13H8NO2.C2H5S.Ta/c1-14-12(15)9-6-2-4-8-5-3-7-10(11(8)9)13(14)16;1-3-2;/h2-7H,1H2;1H2,2H3;/q2*-1;+2. The number of nitrogens with zero attached hydrogens (tertiary/aromatic N) is 1. The number of benzene rings is 2. The summed E-state index contributed by atoms with van der Waals surface area (Å²) in [4.78, 5) is 24.6. The van der Waals surface area contributed by atoms with Crippen LogP contribution in [0.3, 0.4) is 0 Å². The van der Waals surface area contributed by atoms with Gasteiger partial charge in [0.1, 0.15) is 0 Å². The van der Waals surface area contributed by atoms with Crippen LogP contribution in [0, 0.1) is 13.3 Å². The second kappa shape index (κ2) is 7.09. The van der Waals surface area contributed by atoms with Crippen molar-refractivity contribution in [1.29, 1.82) is 0 Å². The summed E-state index contributed by atoms with van der Waals surface area (Å²) in [7, 11) is 3.48. The van der Waals surface area contributed by atoms with Gasteiger partial charge >= 0.3 is 22.4 Å². The molecule has 0 bridgehead atoms. The van der Waals surface area contributed by atoms with E-state index in [9.17, 15) is 9.59 Å². The van der Waals surface area contributed by atoms with Crippen LogP contribution >= 0.6 is 11.8 Å². The topological polar surface area (TPSA) is 37.4 Å². The van der Waals surface area contributed by atoms with Crippen molar-refractivity contribution in [2.75, 3.05) is 6.26 Å². The monoisotopic (exact) mass is 452 g/mol. The van der Waals surface area contributed by atoms with Gasteiger partial charge in [-0.2, -0.15) is 0 Å². The quantitative estimate of drug-likeness (QED) is 0.455. The predicted molar refractivity (Wildman–Crippen MR) is 78.7 cm³/mol. The molecule has 2 aromatic rings. The van der Waals surface area contributed by atoms with Crippen molar-refractivity contribution in [2.45, 2.75) is 0 Å². The fourth-order valence-electron chi connectivity index (χ4n) is 2.08. The van der Waals surface area contributed by atoms with Crippen molar-refractivity contribution < 1.29 is 32.0 Å². The number of carbonyl (C=O) groups excluding carboxylic acids is 2. The van der Waals surface area contributed by atoms with Crippen molar-refractivity contribution in [1.82, 2.24) is 4.90 Å². The molecule has 0 unspecified atom stereocenters. The van der Waals surface area contributed by atoms with Gasteiger partial charge in [0.2, 0.25) is 11.8 Å². The summed E-state index contributed by atoms with van der Waals surface area (Å²) in [6, 6.07) is 10.8. The third kappa shape index (κ3) is 2.83. The molecule has 3 rings (SSSR count). The summed E-state index contributed by atoms with van der Waals surface area (Å²) < 4.78 is 0.